The standard InChI is InChI=1S/C13H12N4O2.ClH/c18-6-5-17-12-11(16-13(17)19)7-10(8-15-12)9-1-3-14-4-2-9;/h1-4,7-8,18H,5-6H2,(H,16,19);1H. The van der Waals surface area contributed by atoms with E-state index in [1.165, 1.54) is 4.57 Å². The molecule has 0 saturated carbocycles. The molecule has 0 aromatic carbocycles. The van der Waals surface area contributed by atoms with Crippen molar-refractivity contribution in [2.75, 3.05) is 6.61 Å². The van der Waals surface area contributed by atoms with E-state index in [9.17, 15) is 4.79 Å². The first kappa shape index (κ1) is 14.2. The van der Waals surface area contributed by atoms with Crippen molar-refractivity contribution in [2.45, 2.75) is 6.54 Å². The average Bonchev–Trinajstić information content (AvgIpc) is 2.76. The zero-order valence-corrected chi connectivity index (χ0v) is 11.3. The Morgan fingerprint density at radius 1 is 1.25 bits per heavy atom. The van der Waals surface area contributed by atoms with Crippen molar-refractivity contribution >= 4 is 23.6 Å². The normalized spacial score (nSPS) is 10.4. The average molecular weight is 293 g/mol. The van der Waals surface area contributed by atoms with Gasteiger partial charge in [-0.1, -0.05) is 0 Å². The van der Waals surface area contributed by atoms with Crippen LogP contribution in [-0.4, -0.2) is 31.2 Å². The predicted molar refractivity (Wildman–Crippen MR) is 77.9 cm³/mol. The van der Waals surface area contributed by atoms with Gasteiger partial charge >= 0.3 is 5.69 Å². The molecule has 7 heteroatoms. The highest BCUT2D eigenvalue weighted by atomic mass is 35.5. The lowest BCUT2D eigenvalue weighted by Crippen LogP contribution is -2.18. The quantitative estimate of drug-likeness (QED) is 0.760. The number of aliphatic hydroxyl groups excluding tert-OH is 1. The van der Waals surface area contributed by atoms with Crippen LogP contribution in [0.3, 0.4) is 0 Å². The lowest BCUT2D eigenvalue weighted by Gasteiger charge is -2.02. The number of fused-ring (bicyclic) bond motifs is 1. The molecule has 0 unspecified atom stereocenters. The van der Waals surface area contributed by atoms with Crippen molar-refractivity contribution < 1.29 is 5.11 Å². The molecule has 6 nitrogen and oxygen atoms in total. The van der Waals surface area contributed by atoms with Gasteiger partial charge in [-0.05, 0) is 23.8 Å². The van der Waals surface area contributed by atoms with Gasteiger partial charge in [-0.15, -0.1) is 12.4 Å². The number of rotatable bonds is 3. The SMILES string of the molecule is Cl.O=c1[nH]c2cc(-c3ccncc3)cnc2n1CCO. The number of nitrogens with zero attached hydrogens (tertiary/aromatic N) is 3. The second kappa shape index (κ2) is 5.85. The summed E-state index contributed by atoms with van der Waals surface area (Å²) < 4.78 is 1.42. The first-order chi connectivity index (χ1) is 9.29. The van der Waals surface area contributed by atoms with Crippen LogP contribution in [0.5, 0.6) is 0 Å². The summed E-state index contributed by atoms with van der Waals surface area (Å²) in [5.41, 5.74) is 2.85. The van der Waals surface area contributed by atoms with Gasteiger partial charge in [-0.2, -0.15) is 0 Å². The molecule has 0 radical (unpaired) electrons. The molecule has 3 aromatic rings. The van der Waals surface area contributed by atoms with Gasteiger partial charge in [0, 0.05) is 24.2 Å². The van der Waals surface area contributed by atoms with E-state index in [0.29, 0.717) is 11.2 Å². The molecular weight excluding hydrogens is 280 g/mol. The van der Waals surface area contributed by atoms with E-state index < -0.39 is 0 Å². The van der Waals surface area contributed by atoms with Gasteiger partial charge in [0.25, 0.3) is 0 Å². The third kappa shape index (κ3) is 2.43. The number of pyridine rings is 2. The largest absolute Gasteiger partial charge is 0.395 e. The first-order valence-corrected chi connectivity index (χ1v) is 5.89. The minimum atomic E-state index is -0.261. The molecule has 0 atom stereocenters. The summed E-state index contributed by atoms with van der Waals surface area (Å²) in [6, 6.07) is 5.63. The number of hydrogen-bond acceptors (Lipinski definition) is 4. The number of halogens is 1. The van der Waals surface area contributed by atoms with Gasteiger partial charge in [-0.3, -0.25) is 9.55 Å². The summed E-state index contributed by atoms with van der Waals surface area (Å²) in [5.74, 6) is 0. The number of hydrogen-bond donors (Lipinski definition) is 2. The number of aromatic amines is 1. The van der Waals surface area contributed by atoms with Gasteiger partial charge in [0.15, 0.2) is 5.65 Å². The number of aliphatic hydroxyl groups is 1. The molecule has 0 saturated heterocycles. The summed E-state index contributed by atoms with van der Waals surface area (Å²) >= 11 is 0. The number of aromatic nitrogens is 4. The number of nitrogens with one attached hydrogen (secondary N) is 1. The fraction of sp³-hybridized carbons (Fsp3) is 0.154. The highest BCUT2D eigenvalue weighted by molar-refractivity contribution is 5.85. The van der Waals surface area contributed by atoms with Crippen molar-refractivity contribution in [3.05, 3.63) is 47.3 Å². The van der Waals surface area contributed by atoms with Crippen LogP contribution in [0.4, 0.5) is 0 Å². The maximum Gasteiger partial charge on any atom is 0.327 e. The number of imidazole rings is 1. The third-order valence-electron chi connectivity index (χ3n) is 2.95. The Hall–Kier alpha value is -2.18. The molecule has 20 heavy (non-hydrogen) atoms. The van der Waals surface area contributed by atoms with E-state index >= 15 is 0 Å². The fourth-order valence-corrected chi connectivity index (χ4v) is 2.05. The maximum absolute atomic E-state index is 11.7. The Morgan fingerprint density at radius 3 is 2.70 bits per heavy atom. The van der Waals surface area contributed by atoms with E-state index in [2.05, 4.69) is 15.0 Å². The molecule has 2 N–H and O–H groups in total. The second-order valence-corrected chi connectivity index (χ2v) is 4.14. The molecule has 0 aliphatic carbocycles. The van der Waals surface area contributed by atoms with Crippen LogP contribution in [0.25, 0.3) is 22.3 Å². The van der Waals surface area contributed by atoms with Crippen LogP contribution >= 0.6 is 12.4 Å². The van der Waals surface area contributed by atoms with Crippen LogP contribution in [-0.2, 0) is 6.54 Å². The smallest absolute Gasteiger partial charge is 0.327 e. The van der Waals surface area contributed by atoms with E-state index in [1.54, 1.807) is 18.6 Å². The van der Waals surface area contributed by atoms with Crippen molar-refractivity contribution in [2.24, 2.45) is 0 Å². The van der Waals surface area contributed by atoms with E-state index in [-0.39, 0.29) is 31.2 Å². The minimum absolute atomic E-state index is 0. The Bertz CT molecular complexity index is 767. The zero-order chi connectivity index (χ0) is 13.2. The molecule has 0 spiro atoms. The Kier molecular flexibility index (Phi) is 4.16. The van der Waals surface area contributed by atoms with Crippen molar-refractivity contribution in [1.29, 1.82) is 0 Å². The van der Waals surface area contributed by atoms with Gasteiger partial charge < -0.3 is 10.1 Å². The molecule has 104 valence electrons. The van der Waals surface area contributed by atoms with Crippen LogP contribution in [0.2, 0.25) is 0 Å². The van der Waals surface area contributed by atoms with Crippen LogP contribution in [0.15, 0.2) is 41.6 Å². The molecule has 0 aliphatic rings. The molecule has 0 amide bonds. The molecule has 0 fully saturated rings. The monoisotopic (exact) mass is 292 g/mol. The van der Waals surface area contributed by atoms with E-state index in [0.717, 1.165) is 11.1 Å². The summed E-state index contributed by atoms with van der Waals surface area (Å²) in [5, 5.41) is 8.95. The van der Waals surface area contributed by atoms with Crippen LogP contribution < -0.4 is 5.69 Å². The summed E-state index contributed by atoms with van der Waals surface area (Å²) in [4.78, 5) is 22.7. The highest BCUT2D eigenvalue weighted by Gasteiger charge is 2.08. The lowest BCUT2D eigenvalue weighted by atomic mass is 10.1. The van der Waals surface area contributed by atoms with E-state index in [4.69, 9.17) is 5.11 Å². The second-order valence-electron chi connectivity index (χ2n) is 4.14. The molecule has 0 aliphatic heterocycles. The Balaban J connectivity index is 0.00000147. The number of H-pyrrole nitrogens is 1. The summed E-state index contributed by atoms with van der Waals surface area (Å²) in [6.45, 7) is 0.140. The maximum atomic E-state index is 11.7. The summed E-state index contributed by atoms with van der Waals surface area (Å²) in [6.07, 6.45) is 5.12. The fourth-order valence-electron chi connectivity index (χ4n) is 2.05. The third-order valence-corrected chi connectivity index (χ3v) is 2.95. The lowest BCUT2D eigenvalue weighted by molar-refractivity contribution is 0.276. The molecular formula is C13H13ClN4O2. The Labute approximate surface area is 120 Å². The molecule has 3 rings (SSSR count). The van der Waals surface area contributed by atoms with E-state index in [1.807, 2.05) is 18.2 Å². The summed E-state index contributed by atoms with van der Waals surface area (Å²) in [7, 11) is 0. The predicted octanol–water partition coefficient (Wildman–Crippen LogP) is 1.20. The highest BCUT2D eigenvalue weighted by Crippen LogP contribution is 2.20. The van der Waals surface area contributed by atoms with Crippen LogP contribution in [0.1, 0.15) is 0 Å². The molecule has 3 aromatic heterocycles. The van der Waals surface area contributed by atoms with Crippen molar-refractivity contribution in [3.8, 4) is 11.1 Å². The molecule has 0 bridgehead atoms. The van der Waals surface area contributed by atoms with Crippen LogP contribution in [0, 0.1) is 0 Å². The van der Waals surface area contributed by atoms with Gasteiger partial charge in [-0.25, -0.2) is 9.78 Å². The van der Waals surface area contributed by atoms with Crippen molar-refractivity contribution in [3.63, 3.8) is 0 Å². The van der Waals surface area contributed by atoms with Crippen molar-refractivity contribution in [1.82, 2.24) is 19.5 Å². The zero-order valence-electron chi connectivity index (χ0n) is 10.5. The first-order valence-electron chi connectivity index (χ1n) is 5.89. The Morgan fingerprint density at radius 2 is 2.00 bits per heavy atom. The topological polar surface area (TPSA) is 83.8 Å². The molecule has 3 heterocycles. The van der Waals surface area contributed by atoms with Gasteiger partial charge in [0.1, 0.15) is 0 Å². The van der Waals surface area contributed by atoms with Gasteiger partial charge in [0.2, 0.25) is 0 Å². The van der Waals surface area contributed by atoms with Gasteiger partial charge in [0.05, 0.1) is 18.7 Å². The minimum Gasteiger partial charge on any atom is -0.395 e.